The van der Waals surface area contributed by atoms with Crippen molar-refractivity contribution >= 4 is 16.8 Å². The van der Waals surface area contributed by atoms with Crippen LogP contribution in [0, 0.1) is 5.82 Å². The lowest BCUT2D eigenvalue weighted by atomic mass is 10.0. The Morgan fingerprint density at radius 1 is 1.12 bits per heavy atom. The zero-order valence-electron chi connectivity index (χ0n) is 14.3. The first-order valence-corrected chi connectivity index (χ1v) is 9.37. The van der Waals surface area contributed by atoms with Crippen LogP contribution < -0.4 is 10.5 Å². The summed E-state index contributed by atoms with van der Waals surface area (Å²) in [5, 5.41) is 0. The van der Waals surface area contributed by atoms with Gasteiger partial charge in [-0.05, 0) is 35.7 Å². The number of halogens is 1. The van der Waals surface area contributed by atoms with Gasteiger partial charge in [0.2, 0.25) is 0 Å². The number of hydrogen-bond acceptors (Lipinski definition) is 4. The van der Waals surface area contributed by atoms with Gasteiger partial charge in [0.1, 0.15) is 22.6 Å². The predicted molar refractivity (Wildman–Crippen MR) is 102 cm³/mol. The van der Waals surface area contributed by atoms with Crippen LogP contribution in [0.5, 0.6) is 0 Å². The van der Waals surface area contributed by atoms with Crippen molar-refractivity contribution in [3.05, 3.63) is 60.7 Å². The third kappa shape index (κ3) is 3.95. The SMILES string of the molecule is CCCNS(=O)c1ccccc1-c1ccc(-c2cnc(N)cn2)c(F)c1. The van der Waals surface area contributed by atoms with Crippen molar-refractivity contribution in [1.82, 2.24) is 14.7 Å². The van der Waals surface area contributed by atoms with E-state index in [1.807, 2.05) is 25.1 Å². The Balaban J connectivity index is 1.97. The van der Waals surface area contributed by atoms with Crippen molar-refractivity contribution in [1.29, 1.82) is 0 Å². The summed E-state index contributed by atoms with van der Waals surface area (Å²) in [5.41, 5.74) is 7.64. The van der Waals surface area contributed by atoms with Gasteiger partial charge in [0.15, 0.2) is 0 Å². The van der Waals surface area contributed by atoms with Crippen molar-refractivity contribution in [3.8, 4) is 22.4 Å². The summed E-state index contributed by atoms with van der Waals surface area (Å²) in [5.74, 6) is -0.148. The van der Waals surface area contributed by atoms with Crippen LogP contribution >= 0.6 is 0 Å². The van der Waals surface area contributed by atoms with Crippen LogP contribution in [-0.2, 0) is 11.0 Å². The molecule has 0 amide bonds. The number of anilines is 1. The fourth-order valence-corrected chi connectivity index (χ4v) is 3.64. The van der Waals surface area contributed by atoms with Gasteiger partial charge in [-0.25, -0.2) is 18.3 Å². The van der Waals surface area contributed by atoms with Crippen LogP contribution in [0.25, 0.3) is 22.4 Å². The minimum Gasteiger partial charge on any atom is -0.382 e. The molecule has 5 nitrogen and oxygen atoms in total. The number of nitrogen functional groups attached to an aromatic ring is 1. The highest BCUT2D eigenvalue weighted by atomic mass is 32.2. The summed E-state index contributed by atoms with van der Waals surface area (Å²) in [6.07, 6.45) is 3.70. The maximum absolute atomic E-state index is 14.7. The first-order valence-electron chi connectivity index (χ1n) is 8.22. The van der Waals surface area contributed by atoms with E-state index in [-0.39, 0.29) is 5.82 Å². The molecule has 0 aliphatic heterocycles. The molecule has 0 aliphatic carbocycles. The van der Waals surface area contributed by atoms with Crippen molar-refractivity contribution in [3.63, 3.8) is 0 Å². The molecule has 3 N–H and O–H groups in total. The van der Waals surface area contributed by atoms with Gasteiger partial charge in [-0.3, -0.25) is 4.98 Å². The molecule has 2 aromatic carbocycles. The normalized spacial score (nSPS) is 12.1. The van der Waals surface area contributed by atoms with Crippen LogP contribution in [0.4, 0.5) is 10.2 Å². The first-order chi connectivity index (χ1) is 12.6. The van der Waals surface area contributed by atoms with Crippen LogP contribution in [0.1, 0.15) is 13.3 Å². The average Bonchev–Trinajstić information content (AvgIpc) is 2.67. The average molecular weight is 370 g/mol. The number of hydrogen-bond donors (Lipinski definition) is 2. The second kappa shape index (κ2) is 8.16. The lowest BCUT2D eigenvalue weighted by molar-refractivity contribution is 0.631. The van der Waals surface area contributed by atoms with E-state index in [0.717, 1.165) is 12.0 Å². The van der Waals surface area contributed by atoms with Gasteiger partial charge >= 0.3 is 0 Å². The van der Waals surface area contributed by atoms with E-state index >= 15 is 0 Å². The molecule has 0 saturated heterocycles. The van der Waals surface area contributed by atoms with Gasteiger partial charge in [0.05, 0.1) is 23.0 Å². The second-order valence-corrected chi connectivity index (χ2v) is 6.95. The highest BCUT2D eigenvalue weighted by Gasteiger charge is 2.14. The summed E-state index contributed by atoms with van der Waals surface area (Å²) in [7, 11) is -1.35. The van der Waals surface area contributed by atoms with Crippen molar-refractivity contribution < 1.29 is 8.60 Å². The maximum Gasteiger partial charge on any atom is 0.141 e. The van der Waals surface area contributed by atoms with Gasteiger partial charge in [-0.1, -0.05) is 31.2 Å². The topological polar surface area (TPSA) is 80.9 Å². The molecule has 1 unspecified atom stereocenters. The van der Waals surface area contributed by atoms with Crippen LogP contribution in [0.15, 0.2) is 59.8 Å². The van der Waals surface area contributed by atoms with E-state index in [9.17, 15) is 8.60 Å². The summed E-state index contributed by atoms with van der Waals surface area (Å²) < 4.78 is 30.1. The number of nitrogens with one attached hydrogen (secondary N) is 1. The number of aromatic nitrogens is 2. The number of nitrogens with zero attached hydrogens (tertiary/aromatic N) is 2. The second-order valence-electron chi connectivity index (χ2n) is 5.68. The monoisotopic (exact) mass is 370 g/mol. The van der Waals surface area contributed by atoms with E-state index in [2.05, 4.69) is 14.7 Å². The molecule has 0 spiro atoms. The minimum atomic E-state index is -1.35. The lowest BCUT2D eigenvalue weighted by Gasteiger charge is -2.11. The molecule has 0 fully saturated rings. The van der Waals surface area contributed by atoms with Crippen molar-refractivity contribution in [2.24, 2.45) is 0 Å². The molecule has 7 heteroatoms. The molecule has 1 aromatic heterocycles. The van der Waals surface area contributed by atoms with Gasteiger partial charge in [0.25, 0.3) is 0 Å². The Kier molecular flexibility index (Phi) is 5.70. The molecule has 26 heavy (non-hydrogen) atoms. The predicted octanol–water partition coefficient (Wildman–Crippen LogP) is 3.55. The molecule has 1 heterocycles. The third-order valence-corrected chi connectivity index (χ3v) is 5.02. The third-order valence-electron chi connectivity index (χ3n) is 3.80. The van der Waals surface area contributed by atoms with E-state index in [1.54, 1.807) is 18.2 Å². The summed E-state index contributed by atoms with van der Waals surface area (Å²) >= 11 is 0. The Hall–Kier alpha value is -2.64. The van der Waals surface area contributed by atoms with Crippen molar-refractivity contribution in [2.45, 2.75) is 18.2 Å². The summed E-state index contributed by atoms with van der Waals surface area (Å²) in [6, 6.07) is 12.1. The fourth-order valence-electron chi connectivity index (χ4n) is 2.51. The smallest absolute Gasteiger partial charge is 0.141 e. The number of benzene rings is 2. The highest BCUT2D eigenvalue weighted by Crippen LogP contribution is 2.30. The molecule has 0 radical (unpaired) electrons. The quantitative estimate of drug-likeness (QED) is 0.695. The molecular weight excluding hydrogens is 351 g/mol. The summed E-state index contributed by atoms with van der Waals surface area (Å²) in [4.78, 5) is 8.67. The molecule has 0 bridgehead atoms. The van der Waals surface area contributed by atoms with Crippen LogP contribution in [-0.4, -0.2) is 20.7 Å². The number of nitrogens with two attached hydrogens (primary N) is 1. The molecule has 3 rings (SSSR count). The largest absolute Gasteiger partial charge is 0.382 e. The zero-order chi connectivity index (χ0) is 18.5. The van der Waals surface area contributed by atoms with E-state index in [0.29, 0.717) is 28.3 Å². The van der Waals surface area contributed by atoms with Crippen LogP contribution in [0.2, 0.25) is 0 Å². The zero-order valence-corrected chi connectivity index (χ0v) is 15.1. The van der Waals surface area contributed by atoms with E-state index < -0.39 is 16.8 Å². The maximum atomic E-state index is 14.7. The molecule has 0 aliphatic rings. The van der Waals surface area contributed by atoms with Gasteiger partial charge in [-0.2, -0.15) is 0 Å². The Bertz CT molecular complexity index is 931. The van der Waals surface area contributed by atoms with Crippen molar-refractivity contribution in [2.75, 3.05) is 12.3 Å². The highest BCUT2D eigenvalue weighted by molar-refractivity contribution is 7.83. The van der Waals surface area contributed by atoms with Gasteiger partial charge in [-0.15, -0.1) is 0 Å². The molecule has 134 valence electrons. The summed E-state index contributed by atoms with van der Waals surface area (Å²) in [6.45, 7) is 2.65. The minimum absolute atomic E-state index is 0.279. The molecule has 1 atom stereocenters. The lowest BCUT2D eigenvalue weighted by Crippen LogP contribution is -2.18. The van der Waals surface area contributed by atoms with E-state index in [4.69, 9.17) is 5.73 Å². The molecule has 0 saturated carbocycles. The van der Waals surface area contributed by atoms with Crippen LogP contribution in [0.3, 0.4) is 0 Å². The fraction of sp³-hybridized carbons (Fsp3) is 0.158. The first kappa shape index (κ1) is 18.2. The molecular formula is C19H19FN4OS. The van der Waals surface area contributed by atoms with Gasteiger partial charge < -0.3 is 5.73 Å². The Labute approximate surface area is 154 Å². The Morgan fingerprint density at radius 2 is 1.92 bits per heavy atom. The number of rotatable bonds is 6. The van der Waals surface area contributed by atoms with Gasteiger partial charge in [0, 0.05) is 12.1 Å². The standard InChI is InChI=1S/C19H19FN4OS/c1-2-9-24-26(25)18-6-4-3-5-14(18)13-7-8-15(16(20)10-13)17-11-23-19(21)12-22-17/h3-8,10-12,24H,2,9H2,1H3,(H2,21,23). The van der Waals surface area contributed by atoms with E-state index in [1.165, 1.54) is 18.5 Å². The molecule has 3 aromatic rings. The Morgan fingerprint density at radius 3 is 2.62 bits per heavy atom.